The zero-order chi connectivity index (χ0) is 12.1. The summed E-state index contributed by atoms with van der Waals surface area (Å²) in [6.07, 6.45) is 0.613. The molecule has 0 unspecified atom stereocenters. The number of hydrogen-bond acceptors (Lipinski definition) is 3. The summed E-state index contributed by atoms with van der Waals surface area (Å²) in [7, 11) is 0. The van der Waals surface area contributed by atoms with Crippen LogP contribution in [0.4, 0.5) is 5.69 Å². The van der Waals surface area contributed by atoms with E-state index in [4.69, 9.17) is 10.2 Å². The van der Waals surface area contributed by atoms with Crippen molar-refractivity contribution in [3.8, 4) is 0 Å². The minimum atomic E-state index is -1.32. The van der Waals surface area contributed by atoms with Crippen molar-refractivity contribution < 1.29 is 19.8 Å². The van der Waals surface area contributed by atoms with Crippen LogP contribution in [-0.2, 0) is 9.59 Å². The fourth-order valence-electron chi connectivity index (χ4n) is 1.07. The van der Waals surface area contributed by atoms with Gasteiger partial charge in [0, 0.05) is 5.69 Å². The fraction of sp³-hybridized carbons (Fsp3) is 0.0909. The smallest absolute Gasteiger partial charge is 0.352 e. The molecule has 1 rings (SSSR count). The van der Waals surface area contributed by atoms with E-state index >= 15 is 0 Å². The molecule has 0 amide bonds. The predicted octanol–water partition coefficient (Wildman–Crippen LogP) is 1.46. The first-order chi connectivity index (χ1) is 7.49. The number of hydrogen-bond donors (Lipinski definition) is 3. The quantitative estimate of drug-likeness (QED) is 0.670. The van der Waals surface area contributed by atoms with Crippen molar-refractivity contribution in [2.75, 3.05) is 5.32 Å². The number of benzene rings is 1. The molecule has 3 N–H and O–H groups in total. The van der Waals surface area contributed by atoms with Gasteiger partial charge < -0.3 is 15.5 Å². The zero-order valence-corrected chi connectivity index (χ0v) is 8.60. The SMILES string of the molecule is Cc1ccc(NC(=CC(=O)O)C(=O)O)cc1. The Bertz CT molecular complexity index is 434. The minimum Gasteiger partial charge on any atom is -0.478 e. The summed E-state index contributed by atoms with van der Waals surface area (Å²) in [6, 6.07) is 6.94. The first kappa shape index (κ1) is 11.8. The molecular formula is C11H11NO4. The van der Waals surface area contributed by atoms with Crippen LogP contribution in [0.15, 0.2) is 36.0 Å². The average Bonchev–Trinajstić information content (AvgIpc) is 2.19. The van der Waals surface area contributed by atoms with Crippen LogP contribution in [0.2, 0.25) is 0 Å². The summed E-state index contributed by atoms with van der Waals surface area (Å²) < 4.78 is 0. The Hall–Kier alpha value is -2.30. The number of aryl methyl sites for hydroxylation is 1. The van der Waals surface area contributed by atoms with E-state index < -0.39 is 11.9 Å². The lowest BCUT2D eigenvalue weighted by molar-refractivity contribution is -0.134. The Morgan fingerprint density at radius 1 is 1.19 bits per heavy atom. The van der Waals surface area contributed by atoms with Crippen molar-refractivity contribution in [1.29, 1.82) is 0 Å². The molecule has 0 aromatic heterocycles. The van der Waals surface area contributed by atoms with E-state index in [1.54, 1.807) is 24.3 Å². The van der Waals surface area contributed by atoms with E-state index in [-0.39, 0.29) is 5.70 Å². The van der Waals surface area contributed by atoms with Crippen LogP contribution < -0.4 is 5.32 Å². The summed E-state index contributed by atoms with van der Waals surface area (Å²) in [6.45, 7) is 1.90. The molecule has 5 nitrogen and oxygen atoms in total. The summed E-state index contributed by atoms with van der Waals surface area (Å²) in [5.74, 6) is -2.63. The molecule has 0 radical (unpaired) electrons. The third-order valence-electron chi connectivity index (χ3n) is 1.83. The highest BCUT2D eigenvalue weighted by atomic mass is 16.4. The summed E-state index contributed by atoms with van der Waals surface area (Å²) in [4.78, 5) is 21.1. The van der Waals surface area contributed by atoms with Crippen molar-refractivity contribution in [3.63, 3.8) is 0 Å². The number of nitrogens with one attached hydrogen (secondary N) is 1. The van der Waals surface area contributed by atoms with Gasteiger partial charge in [0.05, 0.1) is 6.08 Å². The Morgan fingerprint density at radius 3 is 2.19 bits per heavy atom. The predicted molar refractivity (Wildman–Crippen MR) is 58.2 cm³/mol. The normalized spacial score (nSPS) is 10.9. The highest BCUT2D eigenvalue weighted by molar-refractivity contribution is 5.97. The highest BCUT2D eigenvalue weighted by Gasteiger charge is 2.09. The molecular weight excluding hydrogens is 210 g/mol. The first-order valence-corrected chi connectivity index (χ1v) is 4.50. The molecule has 84 valence electrons. The molecule has 1 aromatic carbocycles. The van der Waals surface area contributed by atoms with Gasteiger partial charge in [-0.2, -0.15) is 0 Å². The maximum Gasteiger partial charge on any atom is 0.352 e. The minimum absolute atomic E-state index is 0.378. The lowest BCUT2D eigenvalue weighted by atomic mass is 10.2. The van der Waals surface area contributed by atoms with Crippen LogP contribution >= 0.6 is 0 Å². The molecule has 0 bridgehead atoms. The van der Waals surface area contributed by atoms with Gasteiger partial charge in [-0.1, -0.05) is 17.7 Å². The van der Waals surface area contributed by atoms with Gasteiger partial charge in [-0.25, -0.2) is 9.59 Å². The van der Waals surface area contributed by atoms with E-state index in [1.165, 1.54) is 0 Å². The molecule has 0 aliphatic carbocycles. The number of carboxylic acid groups (broad SMARTS) is 2. The van der Waals surface area contributed by atoms with E-state index in [0.717, 1.165) is 5.56 Å². The molecule has 16 heavy (non-hydrogen) atoms. The summed E-state index contributed by atoms with van der Waals surface area (Å²) in [5.41, 5.74) is 1.18. The largest absolute Gasteiger partial charge is 0.478 e. The van der Waals surface area contributed by atoms with Crippen LogP contribution in [0.25, 0.3) is 0 Å². The Balaban J connectivity index is 2.88. The van der Waals surface area contributed by atoms with Crippen molar-refractivity contribution in [1.82, 2.24) is 0 Å². The van der Waals surface area contributed by atoms with E-state index in [2.05, 4.69) is 5.32 Å². The number of rotatable bonds is 4. The molecule has 0 fully saturated rings. The monoisotopic (exact) mass is 221 g/mol. The fourth-order valence-corrected chi connectivity index (χ4v) is 1.07. The molecule has 1 aromatic rings. The molecule has 5 heteroatoms. The lowest BCUT2D eigenvalue weighted by Crippen LogP contribution is -2.12. The lowest BCUT2D eigenvalue weighted by Gasteiger charge is -2.06. The number of carboxylic acids is 2. The maximum atomic E-state index is 10.7. The highest BCUT2D eigenvalue weighted by Crippen LogP contribution is 2.11. The topological polar surface area (TPSA) is 86.6 Å². The van der Waals surface area contributed by atoms with Gasteiger partial charge in [0.1, 0.15) is 5.70 Å². The van der Waals surface area contributed by atoms with Gasteiger partial charge in [-0.15, -0.1) is 0 Å². The standard InChI is InChI=1S/C11H11NO4/c1-7-2-4-8(5-3-7)12-9(11(15)16)6-10(13)14/h2-6,12H,1H3,(H,13,14)(H,15,16). The first-order valence-electron chi connectivity index (χ1n) is 4.50. The van der Waals surface area contributed by atoms with Gasteiger partial charge in [0.25, 0.3) is 0 Å². The average molecular weight is 221 g/mol. The van der Waals surface area contributed by atoms with E-state index in [1.807, 2.05) is 6.92 Å². The molecule has 0 aliphatic heterocycles. The van der Waals surface area contributed by atoms with Gasteiger partial charge in [0.2, 0.25) is 0 Å². The van der Waals surface area contributed by atoms with Crippen molar-refractivity contribution in [2.24, 2.45) is 0 Å². The second kappa shape index (κ2) is 4.97. The number of aliphatic carboxylic acids is 2. The molecule has 0 spiro atoms. The van der Waals surface area contributed by atoms with Crippen molar-refractivity contribution >= 4 is 17.6 Å². The van der Waals surface area contributed by atoms with Crippen LogP contribution in [0.3, 0.4) is 0 Å². The van der Waals surface area contributed by atoms with Gasteiger partial charge in [-0.05, 0) is 19.1 Å². The zero-order valence-electron chi connectivity index (χ0n) is 8.60. The third kappa shape index (κ3) is 3.45. The van der Waals surface area contributed by atoms with Crippen molar-refractivity contribution in [3.05, 3.63) is 41.6 Å². The number of anilines is 1. The Morgan fingerprint density at radius 2 is 1.75 bits per heavy atom. The summed E-state index contributed by atoms with van der Waals surface area (Å²) in [5, 5.41) is 19.7. The van der Waals surface area contributed by atoms with Gasteiger partial charge >= 0.3 is 11.9 Å². The molecule has 0 saturated heterocycles. The molecule has 0 heterocycles. The van der Waals surface area contributed by atoms with Crippen LogP contribution in [0.1, 0.15) is 5.56 Å². The third-order valence-corrected chi connectivity index (χ3v) is 1.83. The van der Waals surface area contributed by atoms with Crippen LogP contribution in [0, 0.1) is 6.92 Å². The van der Waals surface area contributed by atoms with E-state index in [0.29, 0.717) is 11.8 Å². The summed E-state index contributed by atoms with van der Waals surface area (Å²) >= 11 is 0. The molecule has 0 saturated carbocycles. The van der Waals surface area contributed by atoms with E-state index in [9.17, 15) is 9.59 Å². The second-order valence-electron chi connectivity index (χ2n) is 3.19. The Kier molecular flexibility index (Phi) is 3.66. The second-order valence-corrected chi connectivity index (χ2v) is 3.19. The van der Waals surface area contributed by atoms with Gasteiger partial charge in [0.15, 0.2) is 0 Å². The molecule has 0 aliphatic rings. The number of carbonyl (C=O) groups is 2. The van der Waals surface area contributed by atoms with Crippen LogP contribution in [0.5, 0.6) is 0 Å². The Labute approximate surface area is 92.0 Å². The van der Waals surface area contributed by atoms with Gasteiger partial charge in [-0.3, -0.25) is 0 Å². The maximum absolute atomic E-state index is 10.7. The van der Waals surface area contributed by atoms with Crippen molar-refractivity contribution in [2.45, 2.75) is 6.92 Å². The molecule has 0 atom stereocenters. The van der Waals surface area contributed by atoms with Crippen LogP contribution in [-0.4, -0.2) is 22.2 Å².